The van der Waals surface area contributed by atoms with Gasteiger partial charge in [-0.1, -0.05) is 25.2 Å². The summed E-state index contributed by atoms with van der Waals surface area (Å²) in [5, 5.41) is 1.62. The molecule has 0 aliphatic carbocycles. The molecule has 0 fully saturated rings. The second-order valence-electron chi connectivity index (χ2n) is 6.69. The highest BCUT2D eigenvalue weighted by Crippen LogP contribution is 2.33. The van der Waals surface area contributed by atoms with Gasteiger partial charge >= 0.3 is 0 Å². The van der Waals surface area contributed by atoms with Gasteiger partial charge in [0.15, 0.2) is 5.13 Å². The van der Waals surface area contributed by atoms with Crippen molar-refractivity contribution in [2.75, 3.05) is 37.7 Å². The molecular formula is C21H29ClN4O2S2. The van der Waals surface area contributed by atoms with Crippen LogP contribution in [0.15, 0.2) is 18.2 Å². The summed E-state index contributed by atoms with van der Waals surface area (Å²) in [5.74, 6) is 0.800. The number of thiazole rings is 2. The number of anilines is 1. The van der Waals surface area contributed by atoms with Crippen molar-refractivity contribution in [3.05, 3.63) is 33.8 Å². The first-order valence-corrected chi connectivity index (χ1v) is 11.6. The Morgan fingerprint density at radius 2 is 1.80 bits per heavy atom. The molecule has 0 atom stereocenters. The van der Waals surface area contributed by atoms with Crippen molar-refractivity contribution >= 4 is 56.3 Å². The minimum absolute atomic E-state index is 0. The summed E-state index contributed by atoms with van der Waals surface area (Å²) in [7, 11) is 0. The molecule has 0 aliphatic rings. The van der Waals surface area contributed by atoms with Crippen molar-refractivity contribution in [3.8, 4) is 5.75 Å². The number of rotatable bonds is 9. The van der Waals surface area contributed by atoms with Crippen LogP contribution >= 0.6 is 35.1 Å². The van der Waals surface area contributed by atoms with E-state index in [1.807, 2.05) is 43.9 Å². The van der Waals surface area contributed by atoms with Gasteiger partial charge in [-0.2, -0.15) is 0 Å². The van der Waals surface area contributed by atoms with Gasteiger partial charge in [0, 0.05) is 13.1 Å². The highest BCUT2D eigenvalue weighted by Gasteiger charge is 2.25. The molecule has 0 aliphatic heterocycles. The van der Waals surface area contributed by atoms with Crippen molar-refractivity contribution < 1.29 is 9.53 Å². The maximum atomic E-state index is 13.4. The lowest BCUT2D eigenvalue weighted by molar-refractivity contribution is 0.0987. The number of hydrogen-bond acceptors (Lipinski definition) is 7. The van der Waals surface area contributed by atoms with Crippen molar-refractivity contribution in [2.24, 2.45) is 0 Å². The van der Waals surface area contributed by atoms with E-state index in [2.05, 4.69) is 23.7 Å². The third kappa shape index (κ3) is 5.49. The van der Waals surface area contributed by atoms with Gasteiger partial charge in [-0.25, -0.2) is 9.97 Å². The zero-order valence-corrected chi connectivity index (χ0v) is 20.5. The number of nitrogens with zero attached hydrogens (tertiary/aromatic N) is 4. The van der Waals surface area contributed by atoms with Crippen molar-refractivity contribution in [1.29, 1.82) is 0 Å². The largest absolute Gasteiger partial charge is 0.494 e. The van der Waals surface area contributed by atoms with E-state index in [4.69, 9.17) is 9.72 Å². The van der Waals surface area contributed by atoms with E-state index in [1.165, 1.54) is 22.7 Å². The second kappa shape index (κ2) is 11.0. The number of carbonyl (C=O) groups is 1. The lowest BCUT2D eigenvalue weighted by Crippen LogP contribution is -2.38. The predicted octanol–water partition coefficient (Wildman–Crippen LogP) is 5.18. The van der Waals surface area contributed by atoms with Crippen LogP contribution in [-0.4, -0.2) is 53.6 Å². The predicted molar refractivity (Wildman–Crippen MR) is 129 cm³/mol. The molecule has 0 saturated heterocycles. The molecule has 6 nitrogen and oxygen atoms in total. The monoisotopic (exact) mass is 468 g/mol. The van der Waals surface area contributed by atoms with E-state index in [9.17, 15) is 4.79 Å². The summed E-state index contributed by atoms with van der Waals surface area (Å²) in [6.07, 6.45) is 0. The minimum atomic E-state index is -0.0238. The number of halogens is 1. The molecule has 0 N–H and O–H groups in total. The number of aromatic nitrogens is 2. The summed E-state index contributed by atoms with van der Waals surface area (Å²) in [4.78, 5) is 27.4. The number of fused-ring (bicyclic) bond motifs is 1. The third-order valence-electron chi connectivity index (χ3n) is 4.77. The van der Waals surface area contributed by atoms with Gasteiger partial charge in [0.2, 0.25) is 0 Å². The Morgan fingerprint density at radius 3 is 2.40 bits per heavy atom. The lowest BCUT2D eigenvalue weighted by Gasteiger charge is -2.24. The fourth-order valence-corrected chi connectivity index (χ4v) is 5.07. The zero-order chi connectivity index (χ0) is 21.0. The number of ether oxygens (including phenoxy) is 1. The van der Waals surface area contributed by atoms with Crippen LogP contribution in [0.4, 0.5) is 5.13 Å². The molecule has 0 radical (unpaired) electrons. The molecule has 1 amide bonds. The Hall–Kier alpha value is -1.74. The van der Waals surface area contributed by atoms with E-state index < -0.39 is 0 Å². The first-order valence-electron chi connectivity index (χ1n) is 9.98. The van der Waals surface area contributed by atoms with Crippen LogP contribution in [0.5, 0.6) is 5.75 Å². The number of carbonyl (C=O) groups excluding carboxylic acids is 1. The smallest absolute Gasteiger partial charge is 0.272 e. The number of likely N-dealkylation sites (N-methyl/N-ethyl adjacent to an activating group) is 1. The topological polar surface area (TPSA) is 58.6 Å². The van der Waals surface area contributed by atoms with Gasteiger partial charge in [-0.15, -0.1) is 23.7 Å². The Morgan fingerprint density at radius 1 is 1.07 bits per heavy atom. The van der Waals surface area contributed by atoms with Crippen molar-refractivity contribution in [2.45, 2.75) is 34.6 Å². The molecule has 0 bridgehead atoms. The third-order valence-corrected chi connectivity index (χ3v) is 6.87. The van der Waals surface area contributed by atoms with Crippen molar-refractivity contribution in [3.63, 3.8) is 0 Å². The van der Waals surface area contributed by atoms with Crippen LogP contribution in [0.3, 0.4) is 0 Å². The molecule has 9 heteroatoms. The summed E-state index contributed by atoms with van der Waals surface area (Å²) < 4.78 is 6.63. The van der Waals surface area contributed by atoms with Crippen LogP contribution in [0.25, 0.3) is 10.2 Å². The normalized spacial score (nSPS) is 11.0. The molecule has 2 heterocycles. The van der Waals surface area contributed by atoms with Crippen LogP contribution in [-0.2, 0) is 0 Å². The molecule has 3 rings (SSSR count). The van der Waals surface area contributed by atoms with Crippen LogP contribution in [0.1, 0.15) is 41.1 Å². The molecule has 0 unspecified atom stereocenters. The van der Waals surface area contributed by atoms with Gasteiger partial charge in [0.1, 0.15) is 10.6 Å². The molecule has 164 valence electrons. The number of benzene rings is 1. The number of aryl methyl sites for hydroxylation is 2. The standard InChI is InChI=1S/C21H28N4O2S2.ClH/c1-6-24(7-2)11-12-25(20(26)19-14(4)22-15(5)28-19)21-23-17-10-9-16(27-8-3)13-18(17)29-21;/h9-10,13H,6-8,11-12H2,1-5H3;1H. The van der Waals surface area contributed by atoms with Crippen LogP contribution in [0, 0.1) is 13.8 Å². The first kappa shape index (κ1) is 24.5. The summed E-state index contributed by atoms with van der Waals surface area (Å²) in [6, 6.07) is 5.87. The average molecular weight is 469 g/mol. The lowest BCUT2D eigenvalue weighted by atomic mass is 10.3. The first-order chi connectivity index (χ1) is 14.0. The van der Waals surface area contributed by atoms with Gasteiger partial charge in [0.25, 0.3) is 5.91 Å². The zero-order valence-electron chi connectivity index (χ0n) is 18.1. The van der Waals surface area contributed by atoms with E-state index in [-0.39, 0.29) is 18.3 Å². The highest BCUT2D eigenvalue weighted by atomic mass is 35.5. The molecule has 3 aromatic rings. The molecule has 0 spiro atoms. The molecule has 0 saturated carbocycles. The quantitative estimate of drug-likeness (QED) is 0.433. The second-order valence-corrected chi connectivity index (χ2v) is 8.90. The van der Waals surface area contributed by atoms with Gasteiger partial charge in [-0.3, -0.25) is 9.69 Å². The Kier molecular flexibility index (Phi) is 9.03. The number of hydrogen-bond donors (Lipinski definition) is 0. The van der Waals surface area contributed by atoms with Gasteiger partial charge < -0.3 is 9.64 Å². The van der Waals surface area contributed by atoms with Crippen molar-refractivity contribution in [1.82, 2.24) is 14.9 Å². The van der Waals surface area contributed by atoms with Crippen LogP contribution in [0.2, 0.25) is 0 Å². The van der Waals surface area contributed by atoms with E-state index in [0.717, 1.165) is 51.4 Å². The maximum Gasteiger partial charge on any atom is 0.272 e. The maximum absolute atomic E-state index is 13.4. The molecule has 30 heavy (non-hydrogen) atoms. The Bertz CT molecular complexity index is 985. The average Bonchev–Trinajstić information content (AvgIpc) is 3.27. The summed E-state index contributed by atoms with van der Waals surface area (Å²) in [5.41, 5.74) is 1.66. The van der Waals surface area contributed by atoms with E-state index in [1.54, 1.807) is 0 Å². The molecule has 1 aromatic carbocycles. The Balaban J connectivity index is 0.00000320. The van der Waals surface area contributed by atoms with E-state index in [0.29, 0.717) is 18.0 Å². The Labute approximate surface area is 192 Å². The fourth-order valence-electron chi connectivity index (χ4n) is 3.18. The number of amides is 1. The summed E-state index contributed by atoms with van der Waals surface area (Å²) in [6.45, 7) is 14.0. The van der Waals surface area contributed by atoms with Crippen LogP contribution < -0.4 is 9.64 Å². The van der Waals surface area contributed by atoms with Gasteiger partial charge in [-0.05, 0) is 52.1 Å². The molecular weight excluding hydrogens is 440 g/mol. The fraction of sp³-hybridized carbons (Fsp3) is 0.476. The highest BCUT2D eigenvalue weighted by molar-refractivity contribution is 7.22. The minimum Gasteiger partial charge on any atom is -0.494 e. The van der Waals surface area contributed by atoms with Gasteiger partial charge in [0.05, 0.1) is 27.5 Å². The van der Waals surface area contributed by atoms with E-state index >= 15 is 0 Å². The summed E-state index contributed by atoms with van der Waals surface area (Å²) >= 11 is 2.98. The SMILES string of the molecule is CCOc1ccc2nc(N(CCN(CC)CC)C(=O)c3sc(C)nc3C)sc2c1.Cl. The molecule has 2 aromatic heterocycles.